The van der Waals surface area contributed by atoms with Crippen LogP contribution in [-0.4, -0.2) is 29.2 Å². The molecule has 6 nitrogen and oxygen atoms in total. The Kier molecular flexibility index (Phi) is 3.68. The van der Waals surface area contributed by atoms with Gasteiger partial charge in [0.2, 0.25) is 0 Å². The van der Waals surface area contributed by atoms with Crippen molar-refractivity contribution in [1.82, 2.24) is 10.2 Å². The quantitative estimate of drug-likeness (QED) is 0.898. The van der Waals surface area contributed by atoms with Crippen molar-refractivity contribution in [3.8, 4) is 0 Å². The zero-order chi connectivity index (χ0) is 14.7. The highest BCUT2D eigenvalue weighted by molar-refractivity contribution is 6.02. The van der Waals surface area contributed by atoms with E-state index < -0.39 is 0 Å². The van der Waals surface area contributed by atoms with Crippen molar-refractivity contribution in [3.05, 3.63) is 52.4 Å². The summed E-state index contributed by atoms with van der Waals surface area (Å²) < 4.78 is 0. The molecular weight excluding hydrogens is 268 g/mol. The lowest BCUT2D eigenvalue weighted by atomic mass is 10.2. The van der Waals surface area contributed by atoms with Gasteiger partial charge in [-0.2, -0.15) is 5.10 Å². The minimum absolute atomic E-state index is 0.182. The van der Waals surface area contributed by atoms with E-state index in [1.165, 1.54) is 25.0 Å². The fourth-order valence-electron chi connectivity index (χ4n) is 2.42. The Hall–Kier alpha value is -2.63. The van der Waals surface area contributed by atoms with E-state index in [-0.39, 0.29) is 17.2 Å². The minimum atomic E-state index is -0.343. The molecule has 1 amide bonds. The third-order valence-corrected chi connectivity index (χ3v) is 3.49. The van der Waals surface area contributed by atoms with Gasteiger partial charge in [0.1, 0.15) is 5.69 Å². The third-order valence-electron chi connectivity index (χ3n) is 3.49. The van der Waals surface area contributed by atoms with Gasteiger partial charge in [-0.1, -0.05) is 6.07 Å². The van der Waals surface area contributed by atoms with E-state index in [4.69, 9.17) is 0 Å². The summed E-state index contributed by atoms with van der Waals surface area (Å²) in [6.07, 6.45) is 2.41. The van der Waals surface area contributed by atoms with Gasteiger partial charge in [0.25, 0.3) is 11.5 Å². The molecule has 0 spiro atoms. The van der Waals surface area contributed by atoms with Crippen molar-refractivity contribution in [2.24, 2.45) is 0 Å². The number of H-pyrrole nitrogens is 1. The number of nitrogens with one attached hydrogen (secondary N) is 2. The third kappa shape index (κ3) is 3.10. The van der Waals surface area contributed by atoms with Crippen LogP contribution < -0.4 is 15.8 Å². The first-order valence-electron chi connectivity index (χ1n) is 6.94. The van der Waals surface area contributed by atoms with E-state index in [2.05, 4.69) is 20.4 Å². The van der Waals surface area contributed by atoms with Gasteiger partial charge in [0.05, 0.1) is 0 Å². The van der Waals surface area contributed by atoms with Crippen LogP contribution in [0.4, 0.5) is 11.4 Å². The number of benzene rings is 1. The van der Waals surface area contributed by atoms with Crippen molar-refractivity contribution >= 4 is 17.3 Å². The summed E-state index contributed by atoms with van der Waals surface area (Å²) in [7, 11) is 0. The van der Waals surface area contributed by atoms with Gasteiger partial charge in [0, 0.05) is 30.5 Å². The Morgan fingerprint density at radius 3 is 2.71 bits per heavy atom. The minimum Gasteiger partial charge on any atom is -0.371 e. The Balaban J connectivity index is 1.75. The van der Waals surface area contributed by atoms with Crippen molar-refractivity contribution in [1.29, 1.82) is 0 Å². The van der Waals surface area contributed by atoms with E-state index in [0.717, 1.165) is 24.5 Å². The van der Waals surface area contributed by atoms with Crippen LogP contribution in [0.1, 0.15) is 23.3 Å². The second-order valence-electron chi connectivity index (χ2n) is 5.01. The van der Waals surface area contributed by atoms with Crippen molar-refractivity contribution in [3.63, 3.8) is 0 Å². The molecule has 1 aromatic heterocycles. The molecule has 1 aliphatic heterocycles. The summed E-state index contributed by atoms with van der Waals surface area (Å²) in [5.74, 6) is -0.343. The predicted octanol–water partition coefficient (Wildman–Crippen LogP) is 1.62. The van der Waals surface area contributed by atoms with E-state index in [0.29, 0.717) is 0 Å². The van der Waals surface area contributed by atoms with Gasteiger partial charge >= 0.3 is 0 Å². The normalized spacial score (nSPS) is 14.2. The zero-order valence-electron chi connectivity index (χ0n) is 11.5. The van der Waals surface area contributed by atoms with Crippen LogP contribution in [0.2, 0.25) is 0 Å². The highest BCUT2D eigenvalue weighted by Crippen LogP contribution is 2.23. The van der Waals surface area contributed by atoms with Gasteiger partial charge in [-0.25, -0.2) is 5.10 Å². The van der Waals surface area contributed by atoms with Crippen LogP contribution in [-0.2, 0) is 0 Å². The van der Waals surface area contributed by atoms with Gasteiger partial charge in [-0.3, -0.25) is 9.59 Å². The second-order valence-corrected chi connectivity index (χ2v) is 5.01. The molecule has 0 saturated carbocycles. The topological polar surface area (TPSA) is 78.1 Å². The maximum Gasteiger partial charge on any atom is 0.276 e. The Morgan fingerprint density at radius 1 is 1.19 bits per heavy atom. The SMILES string of the molecule is O=C(Nc1cccc(N2CCCC2)c1)c1ccc(=O)[nH]n1. The largest absolute Gasteiger partial charge is 0.371 e. The molecule has 21 heavy (non-hydrogen) atoms. The van der Waals surface area contributed by atoms with Crippen LogP contribution in [0.15, 0.2) is 41.2 Å². The highest BCUT2D eigenvalue weighted by Gasteiger charge is 2.13. The number of nitrogens with zero attached hydrogens (tertiary/aromatic N) is 2. The van der Waals surface area contributed by atoms with Gasteiger partial charge in [0.15, 0.2) is 0 Å². The van der Waals surface area contributed by atoms with Crippen LogP contribution in [0, 0.1) is 0 Å². The Bertz CT molecular complexity index is 684. The van der Waals surface area contributed by atoms with Crippen LogP contribution in [0.3, 0.4) is 0 Å². The fourth-order valence-corrected chi connectivity index (χ4v) is 2.42. The van der Waals surface area contributed by atoms with E-state index >= 15 is 0 Å². The highest BCUT2D eigenvalue weighted by atomic mass is 16.2. The molecule has 6 heteroatoms. The number of hydrogen-bond donors (Lipinski definition) is 2. The van der Waals surface area contributed by atoms with Crippen molar-refractivity contribution < 1.29 is 4.79 Å². The van der Waals surface area contributed by atoms with E-state index in [1.54, 1.807) is 0 Å². The number of anilines is 2. The molecule has 1 fully saturated rings. The smallest absolute Gasteiger partial charge is 0.276 e. The van der Waals surface area contributed by atoms with E-state index in [1.807, 2.05) is 24.3 Å². The average Bonchev–Trinajstić information content (AvgIpc) is 3.02. The van der Waals surface area contributed by atoms with Gasteiger partial charge in [-0.15, -0.1) is 0 Å². The van der Waals surface area contributed by atoms with Crippen molar-refractivity contribution in [2.45, 2.75) is 12.8 Å². The molecular formula is C15H16N4O2. The molecule has 2 N–H and O–H groups in total. The van der Waals surface area contributed by atoms with Gasteiger partial charge in [-0.05, 0) is 37.1 Å². The molecule has 1 aliphatic rings. The second kappa shape index (κ2) is 5.78. The maximum atomic E-state index is 12.0. The molecule has 0 radical (unpaired) electrons. The van der Waals surface area contributed by atoms with Crippen LogP contribution in [0.5, 0.6) is 0 Å². The monoisotopic (exact) mass is 284 g/mol. The summed E-state index contributed by atoms with van der Waals surface area (Å²) in [6, 6.07) is 10.4. The lowest BCUT2D eigenvalue weighted by Gasteiger charge is -2.18. The van der Waals surface area contributed by atoms with Crippen LogP contribution in [0.25, 0.3) is 0 Å². The average molecular weight is 284 g/mol. The van der Waals surface area contributed by atoms with Gasteiger partial charge < -0.3 is 10.2 Å². The summed E-state index contributed by atoms with van der Waals surface area (Å²) >= 11 is 0. The van der Waals surface area contributed by atoms with E-state index in [9.17, 15) is 9.59 Å². The number of hydrogen-bond acceptors (Lipinski definition) is 4. The summed E-state index contributed by atoms with van der Waals surface area (Å²) in [4.78, 5) is 25.3. The number of aromatic amines is 1. The first-order chi connectivity index (χ1) is 10.2. The predicted molar refractivity (Wildman–Crippen MR) is 80.7 cm³/mol. The number of carbonyl (C=O) groups is 1. The lowest BCUT2D eigenvalue weighted by Crippen LogP contribution is -2.19. The zero-order valence-corrected chi connectivity index (χ0v) is 11.5. The summed E-state index contributed by atoms with van der Waals surface area (Å²) in [5, 5.41) is 8.75. The molecule has 2 heterocycles. The number of amides is 1. The number of carbonyl (C=O) groups excluding carboxylic acids is 1. The lowest BCUT2D eigenvalue weighted by molar-refractivity contribution is 0.102. The molecule has 108 valence electrons. The fraction of sp³-hybridized carbons (Fsp3) is 0.267. The molecule has 3 rings (SSSR count). The molecule has 0 bridgehead atoms. The molecule has 0 atom stereocenters. The summed E-state index contributed by atoms with van der Waals surface area (Å²) in [5.41, 5.74) is 1.68. The summed E-state index contributed by atoms with van der Waals surface area (Å²) in [6.45, 7) is 2.11. The molecule has 1 aromatic carbocycles. The Morgan fingerprint density at radius 2 is 2.00 bits per heavy atom. The number of rotatable bonds is 3. The first kappa shape index (κ1) is 13.4. The molecule has 2 aromatic rings. The van der Waals surface area contributed by atoms with Crippen LogP contribution >= 0.6 is 0 Å². The molecule has 0 unspecified atom stereocenters. The first-order valence-corrected chi connectivity index (χ1v) is 6.94. The number of aromatic nitrogens is 2. The standard InChI is InChI=1S/C15H16N4O2/c20-14-7-6-13(17-18-14)15(21)16-11-4-3-5-12(10-11)19-8-1-2-9-19/h3-7,10H,1-2,8-9H2,(H,16,21)(H,18,20). The van der Waals surface area contributed by atoms with Crippen molar-refractivity contribution in [2.75, 3.05) is 23.3 Å². The Labute approximate surface area is 121 Å². The maximum absolute atomic E-state index is 12.0. The molecule has 1 saturated heterocycles. The molecule has 0 aliphatic carbocycles.